The molecule has 1 aliphatic rings. The Kier molecular flexibility index (Phi) is 3.26. The topological polar surface area (TPSA) is 35.9 Å². The lowest BCUT2D eigenvalue weighted by molar-refractivity contribution is -0.119. The number of amidine groups is 1. The summed E-state index contributed by atoms with van der Waals surface area (Å²) >= 11 is 8.44. The van der Waals surface area contributed by atoms with E-state index in [2.05, 4.69) is 20.9 Å². The molecule has 1 aromatic rings. The molecule has 1 heterocycles. The van der Waals surface area contributed by atoms with E-state index in [1.54, 1.807) is 19.0 Å². The summed E-state index contributed by atoms with van der Waals surface area (Å²) in [6.45, 7) is 0. The third kappa shape index (κ3) is 2.23. The summed E-state index contributed by atoms with van der Waals surface area (Å²) in [5.74, 6) is 0.167. The lowest BCUT2D eigenvalue weighted by Crippen LogP contribution is -2.27. The Morgan fingerprint density at radius 3 is 2.24 bits per heavy atom. The number of aliphatic imine (C=N–C) groups is 1. The molecule has 0 spiro atoms. The summed E-state index contributed by atoms with van der Waals surface area (Å²) in [6.07, 6.45) is 0. The van der Waals surface area contributed by atoms with Crippen molar-refractivity contribution in [3.63, 3.8) is 0 Å². The molecule has 17 heavy (non-hydrogen) atoms. The standard InChI is InChI=1S/C11H10BrN3OS/c1-14-9(10(16)15(2)11(14)17)13-8-5-3-7(12)4-6-8/h3-6H,1-2H3. The first-order chi connectivity index (χ1) is 8.00. The average molecular weight is 312 g/mol. The van der Waals surface area contributed by atoms with Gasteiger partial charge in [0.1, 0.15) is 0 Å². The van der Waals surface area contributed by atoms with E-state index in [-0.39, 0.29) is 5.91 Å². The highest BCUT2D eigenvalue weighted by Gasteiger charge is 2.34. The minimum atomic E-state index is -0.180. The van der Waals surface area contributed by atoms with Crippen LogP contribution in [0, 0.1) is 0 Å². The van der Waals surface area contributed by atoms with Gasteiger partial charge in [-0.3, -0.25) is 9.69 Å². The molecule has 1 fully saturated rings. The molecule has 2 rings (SSSR count). The van der Waals surface area contributed by atoms with Crippen LogP contribution in [0.2, 0.25) is 0 Å². The number of rotatable bonds is 1. The van der Waals surface area contributed by atoms with Crippen molar-refractivity contribution in [1.29, 1.82) is 0 Å². The zero-order chi connectivity index (χ0) is 12.6. The Labute approximate surface area is 113 Å². The first kappa shape index (κ1) is 12.2. The summed E-state index contributed by atoms with van der Waals surface area (Å²) < 4.78 is 0.972. The van der Waals surface area contributed by atoms with E-state index in [1.807, 2.05) is 24.3 Å². The van der Waals surface area contributed by atoms with Crippen molar-refractivity contribution in [3.8, 4) is 0 Å². The Balaban J connectivity index is 2.37. The third-order valence-corrected chi connectivity index (χ3v) is 3.53. The molecule has 0 saturated carbocycles. The van der Waals surface area contributed by atoms with Crippen LogP contribution in [-0.2, 0) is 4.79 Å². The fourth-order valence-corrected chi connectivity index (χ4v) is 1.89. The van der Waals surface area contributed by atoms with Crippen LogP contribution in [0.15, 0.2) is 33.7 Å². The van der Waals surface area contributed by atoms with Crippen molar-refractivity contribution in [3.05, 3.63) is 28.7 Å². The molecule has 1 amide bonds. The van der Waals surface area contributed by atoms with Gasteiger partial charge in [-0.1, -0.05) is 15.9 Å². The number of hydrogen-bond acceptors (Lipinski definition) is 3. The normalized spacial score (nSPS) is 18.4. The molecule has 1 saturated heterocycles. The number of nitrogens with zero attached hydrogens (tertiary/aromatic N) is 3. The Morgan fingerprint density at radius 1 is 1.18 bits per heavy atom. The largest absolute Gasteiger partial charge is 0.301 e. The van der Waals surface area contributed by atoms with Gasteiger partial charge in [0, 0.05) is 18.6 Å². The zero-order valence-electron chi connectivity index (χ0n) is 9.35. The van der Waals surface area contributed by atoms with E-state index in [0.29, 0.717) is 10.9 Å². The van der Waals surface area contributed by atoms with Crippen LogP contribution in [0.4, 0.5) is 5.69 Å². The van der Waals surface area contributed by atoms with E-state index < -0.39 is 0 Å². The molecular weight excluding hydrogens is 302 g/mol. The number of carbonyl (C=O) groups is 1. The summed E-state index contributed by atoms with van der Waals surface area (Å²) in [5.41, 5.74) is 0.724. The van der Waals surface area contributed by atoms with E-state index >= 15 is 0 Å². The molecule has 0 radical (unpaired) electrons. The van der Waals surface area contributed by atoms with Crippen molar-refractivity contribution in [2.45, 2.75) is 0 Å². The van der Waals surface area contributed by atoms with E-state index in [9.17, 15) is 4.79 Å². The van der Waals surface area contributed by atoms with Crippen molar-refractivity contribution in [2.75, 3.05) is 14.1 Å². The number of benzene rings is 1. The summed E-state index contributed by atoms with van der Waals surface area (Å²) in [4.78, 5) is 19.2. The maximum Gasteiger partial charge on any atom is 0.295 e. The van der Waals surface area contributed by atoms with Gasteiger partial charge < -0.3 is 4.90 Å². The van der Waals surface area contributed by atoms with Crippen molar-refractivity contribution in [1.82, 2.24) is 9.80 Å². The second-order valence-corrected chi connectivity index (χ2v) is 4.90. The number of likely N-dealkylation sites (N-methyl/N-ethyl adjacent to an activating group) is 2. The molecule has 1 aromatic carbocycles. The molecule has 0 unspecified atom stereocenters. The van der Waals surface area contributed by atoms with Crippen LogP contribution in [0.25, 0.3) is 0 Å². The fraction of sp³-hybridized carbons (Fsp3) is 0.182. The molecule has 88 valence electrons. The van der Waals surface area contributed by atoms with Gasteiger partial charge in [-0.05, 0) is 36.5 Å². The SMILES string of the molecule is CN1C(=O)C(=Nc2ccc(Br)cc2)N(C)C1=S. The fourth-order valence-electron chi connectivity index (χ4n) is 1.46. The summed E-state index contributed by atoms with van der Waals surface area (Å²) in [7, 11) is 3.38. The van der Waals surface area contributed by atoms with Crippen LogP contribution in [0.1, 0.15) is 0 Å². The minimum Gasteiger partial charge on any atom is -0.301 e. The molecule has 0 aromatic heterocycles. The van der Waals surface area contributed by atoms with Crippen molar-refractivity contribution in [2.24, 2.45) is 4.99 Å². The Bertz CT molecular complexity index is 512. The highest BCUT2D eigenvalue weighted by Crippen LogP contribution is 2.19. The van der Waals surface area contributed by atoms with E-state index in [4.69, 9.17) is 12.2 Å². The number of hydrogen-bond donors (Lipinski definition) is 0. The summed E-state index contributed by atoms with van der Waals surface area (Å²) in [6, 6.07) is 7.42. The van der Waals surface area contributed by atoms with Crippen molar-refractivity contribution >= 4 is 50.7 Å². The van der Waals surface area contributed by atoms with Gasteiger partial charge in [-0.15, -0.1) is 0 Å². The Morgan fingerprint density at radius 2 is 1.76 bits per heavy atom. The lowest BCUT2D eigenvalue weighted by atomic mass is 10.3. The molecule has 4 nitrogen and oxygen atoms in total. The third-order valence-electron chi connectivity index (χ3n) is 2.45. The predicted octanol–water partition coefficient (Wildman–Crippen LogP) is 2.17. The zero-order valence-corrected chi connectivity index (χ0v) is 11.7. The first-order valence-electron chi connectivity index (χ1n) is 4.90. The van der Waals surface area contributed by atoms with Crippen LogP contribution < -0.4 is 0 Å². The molecule has 0 bridgehead atoms. The van der Waals surface area contributed by atoms with Gasteiger partial charge in [0.05, 0.1) is 5.69 Å². The summed E-state index contributed by atoms with van der Waals surface area (Å²) in [5, 5.41) is 0.464. The molecule has 6 heteroatoms. The van der Waals surface area contributed by atoms with Crippen LogP contribution in [0.3, 0.4) is 0 Å². The number of thiocarbonyl (C=S) groups is 1. The second kappa shape index (κ2) is 4.54. The maximum absolute atomic E-state index is 11.9. The van der Waals surface area contributed by atoms with Gasteiger partial charge in [-0.2, -0.15) is 0 Å². The highest BCUT2D eigenvalue weighted by molar-refractivity contribution is 9.10. The van der Waals surface area contributed by atoms with Gasteiger partial charge in [0.25, 0.3) is 5.91 Å². The number of halogens is 1. The molecule has 0 atom stereocenters. The van der Waals surface area contributed by atoms with Gasteiger partial charge >= 0.3 is 0 Å². The smallest absolute Gasteiger partial charge is 0.295 e. The number of carbonyl (C=O) groups excluding carboxylic acids is 1. The van der Waals surface area contributed by atoms with Crippen LogP contribution >= 0.6 is 28.1 Å². The monoisotopic (exact) mass is 311 g/mol. The van der Waals surface area contributed by atoms with Crippen LogP contribution in [-0.4, -0.2) is 40.8 Å². The van der Waals surface area contributed by atoms with Crippen LogP contribution in [0.5, 0.6) is 0 Å². The predicted molar refractivity (Wildman–Crippen MR) is 74.4 cm³/mol. The molecular formula is C11H10BrN3OS. The minimum absolute atomic E-state index is 0.180. The second-order valence-electron chi connectivity index (χ2n) is 3.62. The van der Waals surface area contributed by atoms with Gasteiger partial charge in [0.15, 0.2) is 5.11 Å². The number of amides is 1. The quantitative estimate of drug-likeness (QED) is 0.746. The molecule has 0 aliphatic carbocycles. The highest BCUT2D eigenvalue weighted by atomic mass is 79.9. The Hall–Kier alpha value is -1.27. The van der Waals surface area contributed by atoms with Gasteiger partial charge in [0.2, 0.25) is 5.84 Å². The molecule has 0 N–H and O–H groups in total. The van der Waals surface area contributed by atoms with Crippen molar-refractivity contribution < 1.29 is 4.79 Å². The molecule has 1 aliphatic heterocycles. The first-order valence-corrected chi connectivity index (χ1v) is 6.11. The van der Waals surface area contributed by atoms with E-state index in [1.165, 1.54) is 4.90 Å². The van der Waals surface area contributed by atoms with E-state index in [0.717, 1.165) is 10.2 Å². The maximum atomic E-state index is 11.9. The lowest BCUT2D eigenvalue weighted by Gasteiger charge is -2.10. The van der Waals surface area contributed by atoms with Gasteiger partial charge in [-0.25, -0.2) is 4.99 Å². The average Bonchev–Trinajstić information content (AvgIpc) is 2.50.